The first-order chi connectivity index (χ1) is 15.2. The molecule has 10 unspecified atom stereocenters. The van der Waals surface area contributed by atoms with Crippen molar-refractivity contribution in [2.75, 3.05) is 0 Å². The third-order valence-electron chi connectivity index (χ3n) is 13.6. The summed E-state index contributed by atoms with van der Waals surface area (Å²) >= 11 is 0. The summed E-state index contributed by atoms with van der Waals surface area (Å²) in [6.45, 7) is 19.0. The van der Waals surface area contributed by atoms with Crippen LogP contribution in [0.2, 0.25) is 0 Å². The van der Waals surface area contributed by atoms with Crippen molar-refractivity contribution in [2.24, 2.45) is 56.7 Å². The van der Waals surface area contributed by atoms with E-state index in [0.717, 1.165) is 25.7 Å². The minimum Gasteiger partial charge on any atom is -0.478 e. The first-order valence-electron chi connectivity index (χ1n) is 13.8. The zero-order chi connectivity index (χ0) is 24.2. The summed E-state index contributed by atoms with van der Waals surface area (Å²) < 4.78 is 0. The predicted octanol–water partition coefficient (Wildman–Crippen LogP) is 7.09. The van der Waals surface area contributed by atoms with E-state index < -0.39 is 5.97 Å². The van der Waals surface area contributed by atoms with Crippen LogP contribution in [-0.4, -0.2) is 22.3 Å². The Morgan fingerprint density at radius 1 is 0.788 bits per heavy atom. The summed E-state index contributed by atoms with van der Waals surface area (Å²) in [5, 5.41) is 20.7. The molecule has 5 saturated carbocycles. The standard InChI is InChI=1S/C30H48O3/c1-18(25(32)33)19-10-13-27(4)16-17-29(6)20(24(19)27)8-9-22-28(5)14-12-23(31)26(2,3)21(28)11-15-30(22,29)7/h19-24,31H,1,8-17H2,2-7H3,(H,32,33). The van der Waals surface area contributed by atoms with Crippen LogP contribution in [-0.2, 0) is 4.79 Å². The normalized spacial score (nSPS) is 55.0. The van der Waals surface area contributed by atoms with E-state index in [2.05, 4.69) is 48.1 Å². The SMILES string of the molecule is C=C(C(=O)O)C1CCC2(C)CCC3(C)C(CCC4C5(C)CCC(O)C(C)(C)C5CCC43C)C12. The van der Waals surface area contributed by atoms with Crippen LogP contribution >= 0.6 is 0 Å². The summed E-state index contributed by atoms with van der Waals surface area (Å²) in [7, 11) is 0. The molecule has 10 atom stereocenters. The number of rotatable bonds is 2. The van der Waals surface area contributed by atoms with Gasteiger partial charge in [-0.15, -0.1) is 0 Å². The molecule has 0 aromatic carbocycles. The third-order valence-corrected chi connectivity index (χ3v) is 13.6. The number of carboxylic acids is 1. The Balaban J connectivity index is 1.54. The molecule has 186 valence electrons. The lowest BCUT2D eigenvalue weighted by Crippen LogP contribution is -2.66. The first-order valence-corrected chi connectivity index (χ1v) is 13.8. The Morgan fingerprint density at radius 2 is 1.48 bits per heavy atom. The lowest BCUT2D eigenvalue weighted by molar-refractivity contribution is -0.246. The summed E-state index contributed by atoms with van der Waals surface area (Å²) in [6.07, 6.45) is 11.6. The van der Waals surface area contributed by atoms with E-state index in [0.29, 0.717) is 40.1 Å². The van der Waals surface area contributed by atoms with Gasteiger partial charge in [0.15, 0.2) is 0 Å². The molecule has 0 radical (unpaired) electrons. The highest BCUT2D eigenvalue weighted by Gasteiger charge is 2.70. The molecule has 2 N–H and O–H groups in total. The molecule has 0 aromatic heterocycles. The lowest BCUT2D eigenvalue weighted by Gasteiger charge is -2.72. The Kier molecular flexibility index (Phi) is 5.15. The van der Waals surface area contributed by atoms with E-state index in [1.54, 1.807) is 0 Å². The minimum absolute atomic E-state index is 0.00695. The van der Waals surface area contributed by atoms with Crippen molar-refractivity contribution in [1.29, 1.82) is 0 Å². The lowest BCUT2D eigenvalue weighted by atomic mass is 9.32. The molecule has 3 heteroatoms. The first kappa shape index (κ1) is 23.9. The smallest absolute Gasteiger partial charge is 0.331 e. The monoisotopic (exact) mass is 456 g/mol. The van der Waals surface area contributed by atoms with Gasteiger partial charge in [0.25, 0.3) is 0 Å². The van der Waals surface area contributed by atoms with Gasteiger partial charge in [-0.25, -0.2) is 4.79 Å². The van der Waals surface area contributed by atoms with Crippen LogP contribution in [0.25, 0.3) is 0 Å². The molecule has 0 bridgehead atoms. The highest BCUT2D eigenvalue weighted by atomic mass is 16.4. The molecule has 0 saturated heterocycles. The van der Waals surface area contributed by atoms with Crippen LogP contribution in [0.15, 0.2) is 12.2 Å². The van der Waals surface area contributed by atoms with Gasteiger partial charge in [0.1, 0.15) is 0 Å². The molecule has 33 heavy (non-hydrogen) atoms. The molecule has 5 aliphatic carbocycles. The van der Waals surface area contributed by atoms with Gasteiger partial charge in [-0.1, -0.05) is 48.1 Å². The van der Waals surface area contributed by atoms with E-state index in [-0.39, 0.29) is 28.3 Å². The number of aliphatic hydroxyl groups is 1. The van der Waals surface area contributed by atoms with Gasteiger partial charge in [0.2, 0.25) is 0 Å². The van der Waals surface area contributed by atoms with Crippen molar-refractivity contribution >= 4 is 5.97 Å². The number of carbonyl (C=O) groups is 1. The van der Waals surface area contributed by atoms with Gasteiger partial charge < -0.3 is 10.2 Å². The Morgan fingerprint density at radius 3 is 2.15 bits per heavy atom. The van der Waals surface area contributed by atoms with Crippen molar-refractivity contribution in [3.63, 3.8) is 0 Å². The number of hydrogen-bond acceptors (Lipinski definition) is 2. The molecule has 5 rings (SSSR count). The van der Waals surface area contributed by atoms with Crippen molar-refractivity contribution in [3.8, 4) is 0 Å². The molecular weight excluding hydrogens is 408 g/mol. The van der Waals surface area contributed by atoms with E-state index in [1.165, 1.54) is 38.5 Å². The van der Waals surface area contributed by atoms with Crippen molar-refractivity contribution in [1.82, 2.24) is 0 Å². The summed E-state index contributed by atoms with van der Waals surface area (Å²) in [5.74, 6) is 1.71. The summed E-state index contributed by atoms with van der Waals surface area (Å²) in [6, 6.07) is 0. The zero-order valence-electron chi connectivity index (χ0n) is 22.0. The van der Waals surface area contributed by atoms with Gasteiger partial charge >= 0.3 is 5.97 Å². The van der Waals surface area contributed by atoms with Crippen molar-refractivity contribution in [2.45, 2.75) is 112 Å². The molecule has 0 spiro atoms. The van der Waals surface area contributed by atoms with E-state index in [9.17, 15) is 15.0 Å². The van der Waals surface area contributed by atoms with E-state index >= 15 is 0 Å². The maximum Gasteiger partial charge on any atom is 0.331 e. The fraction of sp³-hybridized carbons (Fsp3) is 0.900. The second-order valence-electron chi connectivity index (χ2n) is 14.7. The van der Waals surface area contributed by atoms with Gasteiger partial charge in [0, 0.05) is 5.57 Å². The van der Waals surface area contributed by atoms with Crippen LogP contribution in [0.3, 0.4) is 0 Å². The zero-order valence-corrected chi connectivity index (χ0v) is 22.0. The highest BCUT2D eigenvalue weighted by Crippen LogP contribution is 2.77. The van der Waals surface area contributed by atoms with Crippen LogP contribution < -0.4 is 0 Å². The van der Waals surface area contributed by atoms with Gasteiger partial charge in [-0.2, -0.15) is 0 Å². The highest BCUT2D eigenvalue weighted by molar-refractivity contribution is 5.86. The van der Waals surface area contributed by atoms with Crippen LogP contribution in [0, 0.1) is 56.7 Å². The maximum atomic E-state index is 12.0. The number of fused-ring (bicyclic) bond motifs is 7. The molecule has 0 amide bonds. The minimum atomic E-state index is -0.785. The molecule has 5 aliphatic rings. The largest absolute Gasteiger partial charge is 0.478 e. The van der Waals surface area contributed by atoms with Crippen LogP contribution in [0.5, 0.6) is 0 Å². The Hall–Kier alpha value is -0.830. The number of hydrogen-bond donors (Lipinski definition) is 2. The Bertz CT molecular complexity index is 861. The quantitative estimate of drug-likeness (QED) is 0.436. The number of aliphatic hydroxyl groups excluding tert-OH is 1. The second kappa shape index (κ2) is 7.11. The van der Waals surface area contributed by atoms with Crippen LogP contribution in [0.4, 0.5) is 0 Å². The van der Waals surface area contributed by atoms with Gasteiger partial charge in [-0.05, 0) is 121 Å². The maximum absolute atomic E-state index is 12.0. The summed E-state index contributed by atoms with van der Waals surface area (Å²) in [5.41, 5.74) is 1.58. The number of aliphatic carboxylic acids is 1. The van der Waals surface area contributed by atoms with Gasteiger partial charge in [0.05, 0.1) is 6.10 Å². The second-order valence-corrected chi connectivity index (χ2v) is 14.7. The van der Waals surface area contributed by atoms with Crippen LogP contribution in [0.1, 0.15) is 106 Å². The molecule has 0 heterocycles. The van der Waals surface area contributed by atoms with Crippen molar-refractivity contribution in [3.05, 3.63) is 12.2 Å². The average Bonchev–Trinajstić information content (AvgIpc) is 3.08. The molecule has 0 aromatic rings. The molecule has 0 aliphatic heterocycles. The summed E-state index contributed by atoms with van der Waals surface area (Å²) in [4.78, 5) is 12.0. The van der Waals surface area contributed by atoms with E-state index in [1.807, 2.05) is 0 Å². The topological polar surface area (TPSA) is 57.5 Å². The Labute approximate surface area is 201 Å². The molecule has 3 nitrogen and oxygen atoms in total. The average molecular weight is 457 g/mol. The number of carboxylic acid groups (broad SMARTS) is 1. The van der Waals surface area contributed by atoms with Gasteiger partial charge in [-0.3, -0.25) is 0 Å². The fourth-order valence-electron chi connectivity index (χ4n) is 11.5. The fourth-order valence-corrected chi connectivity index (χ4v) is 11.5. The molecular formula is C30H48O3. The van der Waals surface area contributed by atoms with E-state index in [4.69, 9.17) is 0 Å². The predicted molar refractivity (Wildman–Crippen MR) is 133 cm³/mol. The van der Waals surface area contributed by atoms with Crippen molar-refractivity contribution < 1.29 is 15.0 Å². The third kappa shape index (κ3) is 2.87. The molecule has 5 fully saturated rings.